The van der Waals surface area contributed by atoms with Gasteiger partial charge in [-0.3, -0.25) is 0 Å². The monoisotopic (exact) mass is 134 g/mol. The topological polar surface area (TPSA) is 27.3 Å². The summed E-state index contributed by atoms with van der Waals surface area (Å²) in [5.74, 6) is 0.953. The van der Waals surface area contributed by atoms with Crippen molar-refractivity contribution < 1.29 is 9.40 Å². The molecule has 0 fully saturated rings. The minimum absolute atomic E-state index is 0.917. The van der Waals surface area contributed by atoms with Crippen LogP contribution in [0.3, 0.4) is 0 Å². The molecular weight excluding hydrogens is 126 g/mol. The number of furan rings is 1. The molecule has 0 aliphatic rings. The molecule has 2 aromatic rings. The van der Waals surface area contributed by atoms with Gasteiger partial charge in [0.2, 0.25) is 6.20 Å². The average molecular weight is 134 g/mol. The molecule has 2 aromatic heterocycles. The average Bonchev–Trinajstić information content (AvgIpc) is 2.27. The molecule has 0 atom stereocenters. The van der Waals surface area contributed by atoms with E-state index in [0.717, 1.165) is 16.7 Å². The van der Waals surface area contributed by atoms with E-state index in [1.54, 1.807) is 0 Å². The molecule has 0 saturated heterocycles. The fourth-order valence-electron chi connectivity index (χ4n) is 1.06. The molecule has 1 N–H and O–H groups in total. The molecule has 2 heteroatoms. The van der Waals surface area contributed by atoms with Gasteiger partial charge in [-0.1, -0.05) is 0 Å². The molecule has 0 bridgehead atoms. The number of aryl methyl sites for hydroxylation is 1. The molecule has 0 radical (unpaired) electrons. The third-order valence-electron chi connectivity index (χ3n) is 1.49. The van der Waals surface area contributed by atoms with Crippen molar-refractivity contribution in [2.24, 2.45) is 0 Å². The summed E-state index contributed by atoms with van der Waals surface area (Å²) in [6, 6.07) is 4.01. The van der Waals surface area contributed by atoms with Crippen LogP contribution in [-0.2, 0) is 0 Å². The maximum atomic E-state index is 5.34. The Bertz CT molecular complexity index is 318. The maximum absolute atomic E-state index is 5.34. The molecule has 2 heterocycles. The summed E-state index contributed by atoms with van der Waals surface area (Å²) in [4.78, 5) is 2.95. The van der Waals surface area contributed by atoms with Gasteiger partial charge in [0.15, 0.2) is 11.8 Å². The molecule has 0 aliphatic heterocycles. The van der Waals surface area contributed by atoms with E-state index in [4.69, 9.17) is 4.42 Å². The quantitative estimate of drug-likeness (QED) is 0.537. The van der Waals surface area contributed by atoms with Crippen LogP contribution in [0.4, 0.5) is 0 Å². The molecule has 2 nitrogen and oxygen atoms in total. The number of fused-ring (bicyclic) bond motifs is 1. The van der Waals surface area contributed by atoms with Crippen molar-refractivity contribution in [3.05, 3.63) is 30.3 Å². The number of nitrogens with one attached hydrogen (secondary N) is 1. The van der Waals surface area contributed by atoms with Crippen molar-refractivity contribution in [3.8, 4) is 0 Å². The van der Waals surface area contributed by atoms with E-state index in [1.807, 2.05) is 31.5 Å². The van der Waals surface area contributed by atoms with E-state index in [-0.39, 0.29) is 0 Å². The molecule has 0 amide bonds. The highest BCUT2D eigenvalue weighted by molar-refractivity contribution is 5.75. The van der Waals surface area contributed by atoms with Crippen molar-refractivity contribution in [1.29, 1.82) is 0 Å². The Hall–Kier alpha value is -1.31. The largest absolute Gasteiger partial charge is 0.455 e. The zero-order chi connectivity index (χ0) is 6.97. The summed E-state index contributed by atoms with van der Waals surface area (Å²) in [5, 5.41) is 1.15. The predicted octanol–water partition coefficient (Wildman–Crippen LogP) is 1.56. The van der Waals surface area contributed by atoms with Crippen molar-refractivity contribution >= 4 is 11.0 Å². The zero-order valence-corrected chi connectivity index (χ0v) is 5.72. The number of aromatic nitrogens is 1. The van der Waals surface area contributed by atoms with Gasteiger partial charge in [0.25, 0.3) is 0 Å². The van der Waals surface area contributed by atoms with Crippen LogP contribution in [0.5, 0.6) is 0 Å². The number of aromatic amines is 1. The Labute approximate surface area is 58.5 Å². The van der Waals surface area contributed by atoms with Gasteiger partial charge >= 0.3 is 0 Å². The lowest BCUT2D eigenvalue weighted by atomic mass is 10.3. The first-order valence-corrected chi connectivity index (χ1v) is 3.22. The van der Waals surface area contributed by atoms with Gasteiger partial charge in [-0.2, -0.15) is 0 Å². The second-order valence-electron chi connectivity index (χ2n) is 2.32. The highest BCUT2D eigenvalue weighted by atomic mass is 16.3. The minimum Gasteiger partial charge on any atom is -0.455 e. The Morgan fingerprint density at radius 1 is 1.50 bits per heavy atom. The van der Waals surface area contributed by atoms with Crippen molar-refractivity contribution in [3.63, 3.8) is 0 Å². The van der Waals surface area contributed by atoms with E-state index in [0.29, 0.717) is 0 Å². The second-order valence-corrected chi connectivity index (χ2v) is 2.32. The van der Waals surface area contributed by atoms with E-state index >= 15 is 0 Å². The highest BCUT2D eigenvalue weighted by Gasteiger charge is 1.99. The molecule has 2 rings (SSSR count). The lowest BCUT2D eigenvalue weighted by molar-refractivity contribution is -0.376. The lowest BCUT2D eigenvalue weighted by Gasteiger charge is -1.76. The molecule has 0 aliphatic carbocycles. The second kappa shape index (κ2) is 1.84. The normalized spacial score (nSPS) is 10.5. The van der Waals surface area contributed by atoms with Crippen LogP contribution in [0.25, 0.3) is 11.0 Å². The standard InChI is InChI=1S/C8H7NO/c1-6-4-7-2-3-9-5-8(7)10-6/h2-5H,1H3/p+1. The first kappa shape index (κ1) is 5.47. The SMILES string of the molecule is Cc1cc2cc[nH+]cc2o1. The van der Waals surface area contributed by atoms with Gasteiger partial charge in [-0.15, -0.1) is 0 Å². The number of rotatable bonds is 0. The molecule has 0 unspecified atom stereocenters. The van der Waals surface area contributed by atoms with E-state index in [2.05, 4.69) is 4.98 Å². The van der Waals surface area contributed by atoms with Crippen LogP contribution in [0.1, 0.15) is 5.76 Å². The van der Waals surface area contributed by atoms with Crippen molar-refractivity contribution in [2.75, 3.05) is 0 Å². The zero-order valence-electron chi connectivity index (χ0n) is 5.72. The number of hydrogen-bond donors (Lipinski definition) is 0. The van der Waals surface area contributed by atoms with Crippen LogP contribution < -0.4 is 4.98 Å². The predicted molar refractivity (Wildman–Crippen MR) is 37.5 cm³/mol. The molecule has 0 aromatic carbocycles. The summed E-state index contributed by atoms with van der Waals surface area (Å²) < 4.78 is 5.34. The van der Waals surface area contributed by atoms with Crippen LogP contribution in [0, 0.1) is 6.92 Å². The Morgan fingerprint density at radius 3 is 3.20 bits per heavy atom. The smallest absolute Gasteiger partial charge is 0.210 e. The maximum Gasteiger partial charge on any atom is 0.210 e. The minimum atomic E-state index is 0.917. The summed E-state index contributed by atoms with van der Waals surface area (Å²) in [6.45, 7) is 1.94. The molecular formula is C8H8NO+. The Balaban J connectivity index is 2.88. The van der Waals surface area contributed by atoms with Gasteiger partial charge in [-0.05, 0) is 13.0 Å². The van der Waals surface area contributed by atoms with Gasteiger partial charge in [0.05, 0.1) is 0 Å². The van der Waals surface area contributed by atoms with Crippen LogP contribution in [0.2, 0.25) is 0 Å². The number of hydrogen-bond acceptors (Lipinski definition) is 1. The van der Waals surface area contributed by atoms with Crippen LogP contribution in [0.15, 0.2) is 28.9 Å². The van der Waals surface area contributed by atoms with Crippen molar-refractivity contribution in [2.45, 2.75) is 6.92 Å². The van der Waals surface area contributed by atoms with Crippen LogP contribution >= 0.6 is 0 Å². The van der Waals surface area contributed by atoms with Gasteiger partial charge in [0, 0.05) is 11.5 Å². The number of H-pyrrole nitrogens is 1. The molecule has 50 valence electrons. The molecule has 0 spiro atoms. The van der Waals surface area contributed by atoms with E-state index < -0.39 is 0 Å². The fraction of sp³-hybridized carbons (Fsp3) is 0.125. The first-order chi connectivity index (χ1) is 4.86. The third kappa shape index (κ3) is 0.692. The first-order valence-electron chi connectivity index (χ1n) is 3.22. The summed E-state index contributed by atoms with van der Waals surface area (Å²) in [6.07, 6.45) is 3.74. The lowest BCUT2D eigenvalue weighted by Crippen LogP contribution is -1.95. The third-order valence-corrected chi connectivity index (χ3v) is 1.49. The fourth-order valence-corrected chi connectivity index (χ4v) is 1.06. The number of pyridine rings is 1. The summed E-state index contributed by atoms with van der Waals surface area (Å²) >= 11 is 0. The van der Waals surface area contributed by atoms with E-state index in [1.165, 1.54) is 0 Å². The Morgan fingerprint density at radius 2 is 2.40 bits per heavy atom. The van der Waals surface area contributed by atoms with Crippen molar-refractivity contribution in [1.82, 2.24) is 0 Å². The molecule has 10 heavy (non-hydrogen) atoms. The Kier molecular flexibility index (Phi) is 1.01. The summed E-state index contributed by atoms with van der Waals surface area (Å²) in [7, 11) is 0. The van der Waals surface area contributed by atoms with Gasteiger partial charge in [0.1, 0.15) is 5.76 Å². The highest BCUT2D eigenvalue weighted by Crippen LogP contribution is 2.14. The van der Waals surface area contributed by atoms with Gasteiger partial charge in [-0.25, -0.2) is 4.98 Å². The van der Waals surface area contributed by atoms with E-state index in [9.17, 15) is 0 Å². The van der Waals surface area contributed by atoms with Gasteiger partial charge < -0.3 is 4.42 Å². The van der Waals surface area contributed by atoms with Crippen LogP contribution in [-0.4, -0.2) is 0 Å². The summed E-state index contributed by atoms with van der Waals surface area (Å²) in [5.41, 5.74) is 0.917. The molecule has 0 saturated carbocycles.